The van der Waals surface area contributed by atoms with Crippen LogP contribution in [0.25, 0.3) is 0 Å². The van der Waals surface area contributed by atoms with Crippen LogP contribution in [0.5, 0.6) is 0 Å². The Labute approximate surface area is 195 Å². The quantitative estimate of drug-likeness (QED) is 0.319. The second kappa shape index (κ2) is 9.99. The first-order valence-corrected chi connectivity index (χ1v) is 11.3. The van der Waals surface area contributed by atoms with Crippen molar-refractivity contribution in [3.05, 3.63) is 85.8 Å². The summed E-state index contributed by atoms with van der Waals surface area (Å²) in [4.78, 5) is 17.3. The number of hydrogen-bond donors (Lipinski definition) is 0. The molecule has 0 radical (unpaired) electrons. The Bertz CT molecular complexity index is 1030. The summed E-state index contributed by atoms with van der Waals surface area (Å²) in [6.45, 7) is 6.19. The van der Waals surface area contributed by atoms with Gasteiger partial charge in [0.05, 0.1) is 12.3 Å². The zero-order valence-electron chi connectivity index (χ0n) is 17.0. The van der Waals surface area contributed by atoms with Gasteiger partial charge < -0.3 is 9.30 Å². The molecule has 0 bridgehead atoms. The molecule has 1 atom stereocenters. The minimum Gasteiger partial charge on any atom is -0.461 e. The normalized spacial score (nSPS) is 12.2. The molecule has 2 aromatic carbocycles. The predicted molar refractivity (Wildman–Crippen MR) is 125 cm³/mol. The van der Waals surface area contributed by atoms with E-state index in [4.69, 9.17) is 27.9 Å². The number of ether oxygens (including phenoxy) is 1. The van der Waals surface area contributed by atoms with Crippen LogP contribution in [0.15, 0.2) is 53.3 Å². The van der Waals surface area contributed by atoms with Crippen molar-refractivity contribution in [2.75, 3.05) is 6.61 Å². The van der Waals surface area contributed by atoms with Crippen molar-refractivity contribution in [1.29, 1.82) is 0 Å². The lowest BCUT2D eigenvalue weighted by Crippen LogP contribution is -2.18. The second-order valence-electron chi connectivity index (χ2n) is 7.24. The highest BCUT2D eigenvalue weighted by Crippen LogP contribution is 2.36. The largest absolute Gasteiger partial charge is 0.461 e. The molecule has 158 valence electrons. The Balaban J connectivity index is 2.21. The summed E-state index contributed by atoms with van der Waals surface area (Å²) in [5.41, 5.74) is 3.21. The topological polar surface area (TPSA) is 44.1 Å². The average Bonchev–Trinajstić information content (AvgIpc) is 3.04. The lowest BCUT2D eigenvalue weighted by Gasteiger charge is -2.23. The molecule has 3 rings (SSSR count). The van der Waals surface area contributed by atoms with Crippen LogP contribution in [0.2, 0.25) is 10.0 Å². The molecule has 3 aromatic rings. The summed E-state index contributed by atoms with van der Waals surface area (Å²) in [5.74, 6) is -0.584. The van der Waals surface area contributed by atoms with Crippen molar-refractivity contribution >= 4 is 45.1 Å². The molecule has 30 heavy (non-hydrogen) atoms. The Morgan fingerprint density at radius 1 is 1.13 bits per heavy atom. The third kappa shape index (κ3) is 5.08. The highest BCUT2D eigenvalue weighted by molar-refractivity contribution is 9.10. The molecular weight excluding hydrogens is 487 g/mol. The summed E-state index contributed by atoms with van der Waals surface area (Å²) in [6, 6.07) is 15.5. The zero-order valence-corrected chi connectivity index (χ0v) is 20.1. The van der Waals surface area contributed by atoms with Crippen LogP contribution in [0.1, 0.15) is 60.0 Å². The first-order valence-electron chi connectivity index (χ1n) is 9.76. The van der Waals surface area contributed by atoms with Gasteiger partial charge in [-0.15, -0.1) is 0 Å². The highest BCUT2D eigenvalue weighted by Gasteiger charge is 2.30. The standard InChI is InChI=1S/C23H23BrCl2N2O2/c1-4-30-22(29)20-21(28(14(2)3)23(24)27-20)19(16-8-10-17(25)11-9-16)13-15-6-5-7-18(26)12-15/h5-12,14,19H,4,13H2,1-3H3. The van der Waals surface area contributed by atoms with Crippen LogP contribution < -0.4 is 0 Å². The monoisotopic (exact) mass is 508 g/mol. The number of carbonyl (C=O) groups is 1. The summed E-state index contributed by atoms with van der Waals surface area (Å²) < 4.78 is 7.95. The molecule has 0 saturated heterocycles. The van der Waals surface area contributed by atoms with Crippen LogP contribution in [0, 0.1) is 0 Å². The number of benzene rings is 2. The fraction of sp³-hybridized carbons (Fsp3) is 0.304. The van der Waals surface area contributed by atoms with E-state index >= 15 is 0 Å². The van der Waals surface area contributed by atoms with Gasteiger partial charge in [-0.25, -0.2) is 9.78 Å². The lowest BCUT2D eigenvalue weighted by molar-refractivity contribution is 0.0518. The molecule has 1 heterocycles. The van der Waals surface area contributed by atoms with E-state index in [9.17, 15) is 4.79 Å². The molecule has 0 fully saturated rings. The second-order valence-corrected chi connectivity index (χ2v) is 8.82. The third-order valence-corrected chi connectivity index (χ3v) is 5.87. The van der Waals surface area contributed by atoms with E-state index in [2.05, 4.69) is 34.8 Å². The van der Waals surface area contributed by atoms with Crippen LogP contribution in [-0.4, -0.2) is 22.1 Å². The van der Waals surface area contributed by atoms with Gasteiger partial charge in [-0.1, -0.05) is 47.5 Å². The number of esters is 1. The fourth-order valence-electron chi connectivity index (χ4n) is 3.56. The average molecular weight is 510 g/mol. The molecule has 4 nitrogen and oxygen atoms in total. The number of nitrogens with zero attached hydrogens (tertiary/aromatic N) is 2. The zero-order chi connectivity index (χ0) is 21.8. The maximum atomic E-state index is 12.8. The van der Waals surface area contributed by atoms with Gasteiger partial charge >= 0.3 is 5.97 Å². The van der Waals surface area contributed by atoms with Crippen LogP contribution >= 0.6 is 39.1 Å². The van der Waals surface area contributed by atoms with Gasteiger partial charge in [-0.05, 0) is 78.5 Å². The molecule has 0 aliphatic rings. The summed E-state index contributed by atoms with van der Waals surface area (Å²) in [7, 11) is 0. The fourth-order valence-corrected chi connectivity index (χ4v) is 4.67. The molecule has 0 saturated carbocycles. The number of carbonyl (C=O) groups excluding carboxylic acids is 1. The van der Waals surface area contributed by atoms with Crippen LogP contribution in [0.4, 0.5) is 0 Å². The first-order chi connectivity index (χ1) is 14.3. The number of aromatic nitrogens is 2. The van der Waals surface area contributed by atoms with Gasteiger partial charge in [0.1, 0.15) is 0 Å². The van der Waals surface area contributed by atoms with Gasteiger partial charge in [0.25, 0.3) is 0 Å². The molecular formula is C23H23BrCl2N2O2. The van der Waals surface area contributed by atoms with E-state index in [1.165, 1.54) is 0 Å². The van der Waals surface area contributed by atoms with E-state index < -0.39 is 5.97 Å². The lowest BCUT2D eigenvalue weighted by atomic mass is 9.87. The van der Waals surface area contributed by atoms with E-state index in [1.807, 2.05) is 53.1 Å². The number of imidazole rings is 1. The van der Waals surface area contributed by atoms with E-state index in [1.54, 1.807) is 6.92 Å². The van der Waals surface area contributed by atoms with Gasteiger partial charge in [-0.3, -0.25) is 0 Å². The molecule has 1 aromatic heterocycles. The maximum Gasteiger partial charge on any atom is 0.358 e. The van der Waals surface area contributed by atoms with Gasteiger partial charge in [0.15, 0.2) is 10.4 Å². The van der Waals surface area contributed by atoms with Gasteiger partial charge in [0.2, 0.25) is 0 Å². The number of halogens is 3. The Hall–Kier alpha value is -1.82. The predicted octanol–water partition coefficient (Wildman–Crippen LogP) is 7.08. The molecule has 0 amide bonds. The van der Waals surface area contributed by atoms with Crippen LogP contribution in [-0.2, 0) is 11.2 Å². The molecule has 1 unspecified atom stereocenters. The Morgan fingerprint density at radius 2 is 1.83 bits per heavy atom. The third-order valence-electron chi connectivity index (χ3n) is 4.82. The first kappa shape index (κ1) is 22.9. The molecule has 0 aliphatic carbocycles. The summed E-state index contributed by atoms with van der Waals surface area (Å²) in [5, 5.41) is 1.33. The smallest absolute Gasteiger partial charge is 0.358 e. The maximum absolute atomic E-state index is 12.8. The highest BCUT2D eigenvalue weighted by atomic mass is 79.9. The van der Waals surface area contributed by atoms with Crippen molar-refractivity contribution in [2.24, 2.45) is 0 Å². The molecule has 0 aliphatic heterocycles. The van der Waals surface area contributed by atoms with Gasteiger partial charge in [-0.2, -0.15) is 0 Å². The minimum atomic E-state index is -0.433. The Kier molecular flexibility index (Phi) is 7.61. The summed E-state index contributed by atoms with van der Waals surface area (Å²) in [6.07, 6.45) is 0.638. The minimum absolute atomic E-state index is 0.0826. The van der Waals surface area contributed by atoms with E-state index in [0.717, 1.165) is 16.8 Å². The van der Waals surface area contributed by atoms with Crippen molar-refractivity contribution in [1.82, 2.24) is 9.55 Å². The van der Waals surface area contributed by atoms with E-state index in [0.29, 0.717) is 26.9 Å². The van der Waals surface area contributed by atoms with Crippen molar-refractivity contribution < 1.29 is 9.53 Å². The van der Waals surface area contributed by atoms with Crippen molar-refractivity contribution in [3.8, 4) is 0 Å². The van der Waals surface area contributed by atoms with Crippen molar-refractivity contribution in [3.63, 3.8) is 0 Å². The number of hydrogen-bond acceptors (Lipinski definition) is 3. The molecule has 0 spiro atoms. The number of rotatable bonds is 7. The van der Waals surface area contributed by atoms with E-state index in [-0.39, 0.29) is 18.6 Å². The summed E-state index contributed by atoms with van der Waals surface area (Å²) >= 11 is 15.9. The van der Waals surface area contributed by atoms with Crippen molar-refractivity contribution in [2.45, 2.75) is 39.2 Å². The molecule has 0 N–H and O–H groups in total. The van der Waals surface area contributed by atoms with Gasteiger partial charge in [0, 0.05) is 22.0 Å². The van der Waals surface area contributed by atoms with Crippen LogP contribution in [0.3, 0.4) is 0 Å². The SMILES string of the molecule is CCOC(=O)c1nc(Br)n(C(C)C)c1C(Cc1cccc(Cl)c1)c1ccc(Cl)cc1. The molecule has 7 heteroatoms. The Morgan fingerprint density at radius 3 is 2.43 bits per heavy atom.